The maximum Gasteiger partial charge on any atom is 0.211 e. The van der Waals surface area contributed by atoms with E-state index in [-0.39, 0.29) is 0 Å². The fourth-order valence-electron chi connectivity index (χ4n) is 3.48. The summed E-state index contributed by atoms with van der Waals surface area (Å²) < 4.78 is 7.72. The number of ether oxygens (including phenoxy) is 1. The van der Waals surface area contributed by atoms with Gasteiger partial charge in [-0.3, -0.25) is 4.79 Å². The predicted octanol–water partition coefficient (Wildman–Crippen LogP) is 5.02. The summed E-state index contributed by atoms with van der Waals surface area (Å²) in [7, 11) is 7.48. The van der Waals surface area contributed by atoms with Crippen LogP contribution in [0.3, 0.4) is 0 Å². The van der Waals surface area contributed by atoms with Gasteiger partial charge in [0.1, 0.15) is 19.4 Å². The van der Waals surface area contributed by atoms with Gasteiger partial charge >= 0.3 is 0 Å². The molecule has 5 N–H and O–H groups in total. The number of nitrogens with one attached hydrogen (secondary N) is 1. The van der Waals surface area contributed by atoms with E-state index in [1.807, 2.05) is 85.8 Å². The van der Waals surface area contributed by atoms with Crippen LogP contribution in [0, 0.1) is 0 Å². The van der Waals surface area contributed by atoms with Crippen molar-refractivity contribution in [3.63, 3.8) is 0 Å². The lowest BCUT2D eigenvalue weighted by Crippen LogP contribution is -2.17. The van der Waals surface area contributed by atoms with E-state index < -0.39 is 0 Å². The molecule has 0 saturated heterocycles. The van der Waals surface area contributed by atoms with E-state index in [0.29, 0.717) is 12.2 Å². The first-order valence-corrected chi connectivity index (χ1v) is 13.7. The standard InChI is InChI=1S/C20H26BN3O2S.C10H12N2/c1-26-19-11-8-17(23-15-25)14-20(19)27-24(13-5-3-2-4-12-22)18-9-6-16(21)7-10-18;1-2-8-12-10(11)9-6-4-3-5-7-9/h6-11,14-15H,2-5,12-13,22H2,1H3,(H,23,25);2-8H,1H3,(H2,11,12)/b;8-2+. The number of allylic oxidation sites excluding steroid dienone is 1. The number of amidine groups is 1. The lowest BCUT2D eigenvalue weighted by molar-refractivity contribution is -0.105. The number of nitrogens with two attached hydrogens (primary N) is 2. The lowest BCUT2D eigenvalue weighted by Gasteiger charge is -2.25. The molecule has 9 heteroatoms. The summed E-state index contributed by atoms with van der Waals surface area (Å²) >= 11 is 1.59. The Bertz CT molecular complexity index is 1170. The zero-order chi connectivity index (χ0) is 28.3. The van der Waals surface area contributed by atoms with E-state index in [1.54, 1.807) is 25.3 Å². The third-order valence-corrected chi connectivity index (χ3v) is 6.66. The minimum atomic E-state index is 0.550. The normalized spacial score (nSPS) is 11.0. The second-order valence-electron chi connectivity index (χ2n) is 8.48. The highest BCUT2D eigenvalue weighted by molar-refractivity contribution is 8.00. The van der Waals surface area contributed by atoms with Crippen LogP contribution in [0.5, 0.6) is 5.75 Å². The topological polar surface area (TPSA) is 106 Å². The number of aliphatic imine (C=N–C) groups is 1. The van der Waals surface area contributed by atoms with Crippen LogP contribution in [0.1, 0.15) is 38.2 Å². The molecule has 1 amide bonds. The van der Waals surface area contributed by atoms with Gasteiger partial charge in [-0.2, -0.15) is 0 Å². The Kier molecular flexibility index (Phi) is 15.0. The average Bonchev–Trinajstić information content (AvgIpc) is 2.97. The number of hydrogen-bond donors (Lipinski definition) is 3. The molecule has 3 aromatic rings. The molecular weight excluding hydrogens is 505 g/mol. The molecule has 0 aromatic heterocycles. The summed E-state index contributed by atoms with van der Waals surface area (Å²) in [6.07, 6.45) is 8.59. The monoisotopic (exact) mass is 543 g/mol. The number of methoxy groups -OCH3 is 1. The molecule has 204 valence electrons. The first-order valence-electron chi connectivity index (χ1n) is 12.9. The second-order valence-corrected chi connectivity index (χ2v) is 9.54. The van der Waals surface area contributed by atoms with Crippen LogP contribution in [0.25, 0.3) is 0 Å². The summed E-state index contributed by atoms with van der Waals surface area (Å²) in [6.45, 7) is 3.53. The van der Waals surface area contributed by atoms with Gasteiger partial charge in [-0.25, -0.2) is 4.99 Å². The number of carbonyl (C=O) groups excluding carboxylic acids is 1. The molecular formula is C30H38BN5O2S. The van der Waals surface area contributed by atoms with Crippen LogP contribution < -0.4 is 31.3 Å². The van der Waals surface area contributed by atoms with E-state index in [1.165, 1.54) is 0 Å². The van der Waals surface area contributed by atoms with Crippen molar-refractivity contribution >= 4 is 48.9 Å². The van der Waals surface area contributed by atoms with Crippen molar-refractivity contribution < 1.29 is 9.53 Å². The largest absolute Gasteiger partial charge is 0.496 e. The molecule has 3 aromatic carbocycles. The summed E-state index contributed by atoms with van der Waals surface area (Å²) in [5.41, 5.74) is 14.8. The van der Waals surface area contributed by atoms with Gasteiger partial charge in [-0.05, 0) is 68.6 Å². The van der Waals surface area contributed by atoms with Gasteiger partial charge in [0.2, 0.25) is 6.41 Å². The maximum atomic E-state index is 10.8. The van der Waals surface area contributed by atoms with E-state index >= 15 is 0 Å². The van der Waals surface area contributed by atoms with Crippen molar-refractivity contribution in [2.75, 3.05) is 29.8 Å². The number of nitrogens with zero attached hydrogens (tertiary/aromatic N) is 2. The number of hydrogen-bond acceptors (Lipinski definition) is 6. The zero-order valence-corrected chi connectivity index (χ0v) is 23.6. The second kappa shape index (κ2) is 18.5. The summed E-state index contributed by atoms with van der Waals surface area (Å²) in [6, 6.07) is 23.1. The van der Waals surface area contributed by atoms with Crippen molar-refractivity contribution in [2.45, 2.75) is 37.5 Å². The van der Waals surface area contributed by atoms with E-state index in [0.717, 1.165) is 71.8 Å². The van der Waals surface area contributed by atoms with E-state index in [2.05, 4.69) is 14.6 Å². The van der Waals surface area contributed by atoms with Gasteiger partial charge in [-0.1, -0.05) is 66.8 Å². The molecule has 0 atom stereocenters. The Morgan fingerprint density at radius 3 is 2.41 bits per heavy atom. The van der Waals surface area contributed by atoms with Crippen molar-refractivity contribution in [2.24, 2.45) is 16.5 Å². The minimum Gasteiger partial charge on any atom is -0.496 e. The third-order valence-electron chi connectivity index (χ3n) is 5.53. The van der Waals surface area contributed by atoms with Crippen LogP contribution in [0.15, 0.2) is 95.0 Å². The third kappa shape index (κ3) is 11.7. The van der Waals surface area contributed by atoms with Gasteiger partial charge in [0.05, 0.1) is 12.0 Å². The van der Waals surface area contributed by atoms with Crippen LogP contribution >= 0.6 is 11.9 Å². The smallest absolute Gasteiger partial charge is 0.211 e. The van der Waals surface area contributed by atoms with Crippen LogP contribution in [0.4, 0.5) is 11.4 Å². The highest BCUT2D eigenvalue weighted by Crippen LogP contribution is 2.36. The van der Waals surface area contributed by atoms with Gasteiger partial charge in [-0.15, -0.1) is 0 Å². The predicted molar refractivity (Wildman–Crippen MR) is 167 cm³/mol. The summed E-state index contributed by atoms with van der Waals surface area (Å²) in [4.78, 5) is 15.7. The van der Waals surface area contributed by atoms with Gasteiger partial charge in [0.25, 0.3) is 0 Å². The minimum absolute atomic E-state index is 0.550. The highest BCUT2D eigenvalue weighted by Gasteiger charge is 2.13. The molecule has 0 aliphatic carbocycles. The fraction of sp³-hybridized carbons (Fsp3) is 0.267. The fourth-order valence-corrected chi connectivity index (χ4v) is 4.59. The molecule has 0 aliphatic heterocycles. The molecule has 3 rings (SSSR count). The van der Waals surface area contributed by atoms with Crippen LogP contribution in [0.2, 0.25) is 0 Å². The molecule has 7 nitrogen and oxygen atoms in total. The quantitative estimate of drug-likeness (QED) is 0.0659. The molecule has 2 radical (unpaired) electrons. The summed E-state index contributed by atoms with van der Waals surface area (Å²) in [5, 5.41) is 2.69. The Morgan fingerprint density at radius 1 is 1.05 bits per heavy atom. The van der Waals surface area contributed by atoms with Crippen molar-refractivity contribution in [3.8, 4) is 5.75 Å². The Hall–Kier alpha value is -3.69. The SMILES string of the molecule is C/C=C/N=C(N)c1ccccc1.[B]c1ccc(N(CCCCCCN)Sc2cc(NC=O)ccc2OC)cc1. The molecule has 0 spiro atoms. The number of carbonyl (C=O) groups is 1. The zero-order valence-electron chi connectivity index (χ0n) is 22.8. The molecule has 0 aliphatic rings. The molecule has 0 bridgehead atoms. The van der Waals surface area contributed by atoms with Crippen LogP contribution in [-0.4, -0.2) is 40.3 Å². The number of unbranched alkanes of at least 4 members (excludes halogenated alkanes) is 3. The Morgan fingerprint density at radius 2 is 1.77 bits per heavy atom. The van der Waals surface area contributed by atoms with Crippen LogP contribution in [-0.2, 0) is 4.79 Å². The maximum absolute atomic E-state index is 10.8. The first kappa shape index (κ1) is 31.5. The molecule has 0 unspecified atom stereocenters. The van der Waals surface area contributed by atoms with Crippen molar-refractivity contribution in [1.82, 2.24) is 0 Å². The molecule has 39 heavy (non-hydrogen) atoms. The highest BCUT2D eigenvalue weighted by atomic mass is 32.2. The van der Waals surface area contributed by atoms with Gasteiger partial charge in [0.15, 0.2) is 0 Å². The van der Waals surface area contributed by atoms with Gasteiger partial charge in [0, 0.05) is 29.7 Å². The number of amides is 1. The van der Waals surface area contributed by atoms with Crippen molar-refractivity contribution in [3.05, 3.63) is 90.6 Å². The van der Waals surface area contributed by atoms with E-state index in [4.69, 9.17) is 24.1 Å². The molecule has 0 heterocycles. The lowest BCUT2D eigenvalue weighted by atomic mass is 9.96. The molecule has 0 saturated carbocycles. The average molecular weight is 544 g/mol. The number of anilines is 2. The molecule has 0 fully saturated rings. The van der Waals surface area contributed by atoms with Crippen molar-refractivity contribution in [1.29, 1.82) is 0 Å². The number of benzene rings is 3. The van der Waals surface area contributed by atoms with Gasteiger partial charge < -0.3 is 25.8 Å². The Labute approximate surface area is 238 Å². The number of rotatable bonds is 14. The van der Waals surface area contributed by atoms with E-state index in [9.17, 15) is 4.79 Å². The first-order chi connectivity index (χ1) is 19.0. The Balaban J connectivity index is 0.000000370. The summed E-state index contributed by atoms with van der Waals surface area (Å²) in [5.74, 6) is 1.31.